The molecule has 0 amide bonds. The van der Waals surface area contributed by atoms with Crippen LogP contribution in [-0.2, 0) is 15.9 Å². The van der Waals surface area contributed by atoms with E-state index in [9.17, 15) is 0 Å². The van der Waals surface area contributed by atoms with Crippen molar-refractivity contribution in [2.24, 2.45) is 5.92 Å². The summed E-state index contributed by atoms with van der Waals surface area (Å²) in [6.45, 7) is 3.15. The summed E-state index contributed by atoms with van der Waals surface area (Å²) < 4.78 is 11.3. The van der Waals surface area contributed by atoms with Crippen LogP contribution in [0.15, 0.2) is 24.3 Å². The number of hydrogen-bond donors (Lipinski definition) is 0. The Morgan fingerprint density at radius 1 is 1.00 bits per heavy atom. The number of methoxy groups -OCH3 is 1. The number of ether oxygens (including phenoxy) is 2. The lowest BCUT2D eigenvalue weighted by Crippen LogP contribution is -2.30. The molecule has 2 unspecified atom stereocenters. The quantitative estimate of drug-likeness (QED) is 0.752. The van der Waals surface area contributed by atoms with Gasteiger partial charge in [-0.2, -0.15) is 0 Å². The van der Waals surface area contributed by atoms with E-state index in [1.165, 1.54) is 31.2 Å². The molecule has 1 saturated heterocycles. The van der Waals surface area contributed by atoms with Gasteiger partial charge in [-0.25, -0.2) is 0 Å². The van der Waals surface area contributed by atoms with Crippen molar-refractivity contribution < 1.29 is 9.47 Å². The number of hydrogen-bond acceptors (Lipinski definition) is 2. The summed E-state index contributed by atoms with van der Waals surface area (Å²) in [6, 6.07) is 9.43. The Hall–Kier alpha value is -0.860. The van der Waals surface area contributed by atoms with Gasteiger partial charge in [-0.1, -0.05) is 44.0 Å². The van der Waals surface area contributed by atoms with Crippen LogP contribution in [0.2, 0.25) is 0 Å². The molecule has 0 bridgehead atoms. The maximum atomic E-state index is 5.91. The molecule has 1 heterocycles. The molecule has 23 heavy (non-hydrogen) atoms. The van der Waals surface area contributed by atoms with Gasteiger partial charge >= 0.3 is 0 Å². The van der Waals surface area contributed by atoms with Crippen LogP contribution >= 0.6 is 0 Å². The second kappa shape index (κ2) is 8.30. The summed E-state index contributed by atoms with van der Waals surface area (Å²) in [7, 11) is 1.78. The van der Waals surface area contributed by atoms with Gasteiger partial charge in [0, 0.05) is 7.11 Å². The average Bonchev–Trinajstić information content (AvgIpc) is 2.61. The van der Waals surface area contributed by atoms with E-state index in [-0.39, 0.29) is 0 Å². The van der Waals surface area contributed by atoms with Crippen molar-refractivity contribution in [1.82, 2.24) is 0 Å². The van der Waals surface area contributed by atoms with E-state index < -0.39 is 0 Å². The minimum absolute atomic E-state index is 0.309. The van der Waals surface area contributed by atoms with Crippen LogP contribution in [0, 0.1) is 5.92 Å². The Morgan fingerprint density at radius 3 is 2.35 bits per heavy atom. The molecule has 1 aromatic carbocycles. The van der Waals surface area contributed by atoms with E-state index in [0.29, 0.717) is 12.2 Å². The summed E-state index contributed by atoms with van der Waals surface area (Å²) in [5.74, 6) is 1.73. The summed E-state index contributed by atoms with van der Waals surface area (Å²) >= 11 is 0. The molecule has 128 valence electrons. The minimum atomic E-state index is 0.309. The number of benzene rings is 1. The van der Waals surface area contributed by atoms with Crippen LogP contribution in [0.5, 0.6) is 0 Å². The van der Waals surface area contributed by atoms with Gasteiger partial charge in [0.05, 0.1) is 18.8 Å². The van der Waals surface area contributed by atoms with Gasteiger partial charge in [0.25, 0.3) is 0 Å². The normalized spacial score (nSPS) is 31.9. The molecule has 2 nitrogen and oxygen atoms in total. The first-order valence-corrected chi connectivity index (χ1v) is 9.48. The van der Waals surface area contributed by atoms with E-state index in [1.54, 1.807) is 12.7 Å². The Morgan fingerprint density at radius 2 is 1.74 bits per heavy atom. The molecule has 0 spiro atoms. The molecule has 0 aromatic heterocycles. The van der Waals surface area contributed by atoms with E-state index in [1.807, 2.05) is 0 Å². The van der Waals surface area contributed by atoms with Gasteiger partial charge in [-0.05, 0) is 61.5 Å². The zero-order chi connectivity index (χ0) is 16.1. The van der Waals surface area contributed by atoms with E-state index in [4.69, 9.17) is 9.47 Å². The molecule has 2 heteroatoms. The average molecular weight is 316 g/mol. The lowest BCUT2D eigenvalue weighted by Gasteiger charge is -2.28. The first kappa shape index (κ1) is 17.0. The van der Waals surface area contributed by atoms with Crippen molar-refractivity contribution in [3.8, 4) is 0 Å². The fourth-order valence-electron chi connectivity index (χ4n) is 4.07. The van der Waals surface area contributed by atoms with Crippen LogP contribution in [0.4, 0.5) is 0 Å². The third kappa shape index (κ3) is 4.81. The molecule has 2 fully saturated rings. The molecule has 2 atom stereocenters. The maximum Gasteiger partial charge on any atom is 0.0805 e. The zero-order valence-electron chi connectivity index (χ0n) is 14.8. The Kier molecular flexibility index (Phi) is 6.13. The minimum Gasteiger partial charge on any atom is -0.379 e. The van der Waals surface area contributed by atoms with Crippen molar-refractivity contribution in [1.29, 1.82) is 0 Å². The smallest absolute Gasteiger partial charge is 0.0805 e. The van der Waals surface area contributed by atoms with Gasteiger partial charge in [0.15, 0.2) is 0 Å². The fraction of sp³-hybridized carbons (Fsp3) is 0.714. The monoisotopic (exact) mass is 316 g/mol. The summed E-state index contributed by atoms with van der Waals surface area (Å²) in [4.78, 5) is 0. The van der Waals surface area contributed by atoms with E-state index in [0.717, 1.165) is 44.1 Å². The molecular weight excluding hydrogens is 284 g/mol. The lowest BCUT2D eigenvalue weighted by molar-refractivity contribution is -0.0730. The maximum absolute atomic E-state index is 5.91. The van der Waals surface area contributed by atoms with Crippen molar-refractivity contribution >= 4 is 0 Å². The molecule has 1 aliphatic carbocycles. The Bertz CT molecular complexity index is 451. The molecular formula is C21H32O2. The Labute approximate surface area is 141 Å². The number of rotatable bonds is 5. The SMILES string of the molecule is COC1CCC(CCc2ccc(C3CCC(C)CC3)cc2)OC1. The molecule has 0 radical (unpaired) electrons. The van der Waals surface area contributed by atoms with Crippen LogP contribution < -0.4 is 0 Å². The second-order valence-corrected chi connectivity index (χ2v) is 7.63. The van der Waals surface area contributed by atoms with Gasteiger partial charge in [-0.3, -0.25) is 0 Å². The molecule has 1 aliphatic heterocycles. The number of aryl methyl sites for hydroxylation is 1. The van der Waals surface area contributed by atoms with Crippen LogP contribution in [-0.4, -0.2) is 25.9 Å². The second-order valence-electron chi connectivity index (χ2n) is 7.63. The first-order chi connectivity index (χ1) is 11.2. The molecule has 1 saturated carbocycles. The van der Waals surface area contributed by atoms with Crippen molar-refractivity contribution in [3.63, 3.8) is 0 Å². The summed E-state index contributed by atoms with van der Waals surface area (Å²) in [5, 5.41) is 0. The molecule has 2 aliphatic rings. The van der Waals surface area contributed by atoms with Crippen molar-refractivity contribution in [2.75, 3.05) is 13.7 Å². The summed E-state index contributed by atoms with van der Waals surface area (Å²) in [5.41, 5.74) is 3.01. The largest absolute Gasteiger partial charge is 0.379 e. The highest BCUT2D eigenvalue weighted by Gasteiger charge is 2.21. The van der Waals surface area contributed by atoms with Crippen LogP contribution in [0.3, 0.4) is 0 Å². The standard InChI is InChI=1S/C21H32O2/c1-16-3-8-18(9-4-16)19-10-5-17(6-11-19)7-12-20-13-14-21(22-2)15-23-20/h5-6,10-11,16,18,20-21H,3-4,7-9,12-15H2,1-2H3. The highest BCUT2D eigenvalue weighted by atomic mass is 16.5. The van der Waals surface area contributed by atoms with E-state index >= 15 is 0 Å². The molecule has 0 N–H and O–H groups in total. The topological polar surface area (TPSA) is 18.5 Å². The third-order valence-corrected chi connectivity index (χ3v) is 5.88. The first-order valence-electron chi connectivity index (χ1n) is 9.48. The van der Waals surface area contributed by atoms with Crippen molar-refractivity contribution in [2.45, 2.75) is 76.4 Å². The van der Waals surface area contributed by atoms with Crippen LogP contribution in [0.25, 0.3) is 0 Å². The van der Waals surface area contributed by atoms with Gasteiger partial charge in [0.2, 0.25) is 0 Å². The van der Waals surface area contributed by atoms with Gasteiger partial charge in [-0.15, -0.1) is 0 Å². The molecule has 1 aromatic rings. The Balaban J connectivity index is 1.44. The highest BCUT2D eigenvalue weighted by molar-refractivity contribution is 5.26. The van der Waals surface area contributed by atoms with Crippen molar-refractivity contribution in [3.05, 3.63) is 35.4 Å². The van der Waals surface area contributed by atoms with Gasteiger partial charge in [0.1, 0.15) is 0 Å². The molecule has 3 rings (SSSR count). The van der Waals surface area contributed by atoms with E-state index in [2.05, 4.69) is 31.2 Å². The fourth-order valence-corrected chi connectivity index (χ4v) is 4.07. The van der Waals surface area contributed by atoms with Gasteiger partial charge < -0.3 is 9.47 Å². The third-order valence-electron chi connectivity index (χ3n) is 5.88. The summed E-state index contributed by atoms with van der Waals surface area (Å²) in [6.07, 6.45) is 10.8. The predicted octanol–water partition coefficient (Wildman–Crippen LogP) is 5.11. The zero-order valence-corrected chi connectivity index (χ0v) is 14.8. The highest BCUT2D eigenvalue weighted by Crippen LogP contribution is 2.35. The predicted molar refractivity (Wildman–Crippen MR) is 94.9 cm³/mol. The lowest BCUT2D eigenvalue weighted by atomic mass is 9.79. The van der Waals surface area contributed by atoms with Crippen LogP contribution in [0.1, 0.15) is 68.9 Å².